The lowest BCUT2D eigenvalue weighted by molar-refractivity contribution is -0.157. The van der Waals surface area contributed by atoms with Crippen LogP contribution in [0.2, 0.25) is 0 Å². The lowest BCUT2D eigenvalue weighted by atomic mass is 9.98. The summed E-state index contributed by atoms with van der Waals surface area (Å²) < 4.78 is 23.6. The molecule has 0 saturated heterocycles. The number of carbonyl (C=O) groups excluding carboxylic acids is 5. The van der Waals surface area contributed by atoms with E-state index in [0.29, 0.717) is 83.5 Å². The fourth-order valence-corrected chi connectivity index (χ4v) is 9.94. The van der Waals surface area contributed by atoms with Gasteiger partial charge in [-0.25, -0.2) is 25.6 Å². The third-order valence-electron chi connectivity index (χ3n) is 13.8. The zero-order valence-corrected chi connectivity index (χ0v) is 46.5. The SMILES string of the molecule is CCCN(CCC)CCCC[C@H](NC(=O)[C@@H](NC(=O)CCCCCN(N)/C=C(\N)c1cnc(SC)nc1)C(C)C)C(=O)NCC(=O)NCOC/C=C/c1c2c(nc3cc4c(cc13)OCO4)-c1cc3c(c(=O)n1C2)COC(=O)[C@H]3O. The minimum atomic E-state index is -1.60. The number of cyclic esters (lactones) is 1. The lowest BCUT2D eigenvalue weighted by Crippen LogP contribution is -2.56. The predicted molar refractivity (Wildman–Crippen MR) is 297 cm³/mol. The van der Waals surface area contributed by atoms with Crippen LogP contribution in [0.4, 0.5) is 0 Å². The van der Waals surface area contributed by atoms with E-state index in [2.05, 4.69) is 50.0 Å². The molecule has 0 unspecified atom stereocenters. The normalized spacial score (nSPS) is 15.2. The molecule has 23 nitrogen and oxygen atoms in total. The Kier molecular flexibility index (Phi) is 21.6. The van der Waals surface area contributed by atoms with E-state index in [1.165, 1.54) is 16.8 Å². The number of rotatable bonds is 30. The molecule has 4 amide bonds. The van der Waals surface area contributed by atoms with Crippen molar-refractivity contribution in [2.24, 2.45) is 17.5 Å². The first-order valence-electron chi connectivity index (χ1n) is 26.9. The molecule has 3 atom stereocenters. The maximum absolute atomic E-state index is 13.9. The standard InChI is InChI=1S/C55H74N12O11S/c1-6-17-65(18-7-2)19-12-10-15-41(63-52(72)48(33(3)4)64-46(68)16-9-8-11-20-66(57)29-40(56)34-25-59-55(79-5)60-26-34)51(71)58-27-47(69)61-31-75-21-13-14-35-36-23-44-45(78-32-77-44)24-42(36)62-49-38(35)28-67-43(49)22-37-39(53(67)73)30-76-54(74)50(37)70/h13-14,22-26,29,33,41,48,50,70H,6-12,15-21,27-28,30-32,56-57H2,1-5H3,(H,58,71)(H,61,69)(H,63,72)(H,64,68)/b14-13+,40-29-/t41-,48-,50-/m0/s1. The monoisotopic (exact) mass is 1110 g/mol. The van der Waals surface area contributed by atoms with Crippen molar-refractivity contribution in [3.05, 3.63) is 81.0 Å². The maximum Gasteiger partial charge on any atom is 0.340 e. The van der Waals surface area contributed by atoms with Crippen molar-refractivity contribution in [3.63, 3.8) is 0 Å². The highest BCUT2D eigenvalue weighted by Gasteiger charge is 2.35. The van der Waals surface area contributed by atoms with Crippen molar-refractivity contribution in [2.45, 2.75) is 122 Å². The van der Waals surface area contributed by atoms with Crippen molar-refractivity contribution in [1.29, 1.82) is 0 Å². The van der Waals surface area contributed by atoms with Crippen LogP contribution in [0.3, 0.4) is 0 Å². The molecular weight excluding hydrogens is 1040 g/mol. The molecule has 0 aliphatic carbocycles. The van der Waals surface area contributed by atoms with Crippen LogP contribution in [0, 0.1) is 5.92 Å². The van der Waals surface area contributed by atoms with E-state index < -0.39 is 47.4 Å². The third kappa shape index (κ3) is 15.6. The Bertz CT molecular complexity index is 2950. The summed E-state index contributed by atoms with van der Waals surface area (Å²) in [5, 5.41) is 24.6. The molecule has 9 N–H and O–H groups in total. The molecule has 3 aliphatic rings. The Hall–Kier alpha value is -7.12. The number of ether oxygens (including phenoxy) is 4. The molecule has 0 fully saturated rings. The number of esters is 1. The first-order valence-corrected chi connectivity index (χ1v) is 28.2. The second kappa shape index (κ2) is 28.7. The number of hydrogen-bond acceptors (Lipinski definition) is 19. The molecule has 0 radical (unpaired) electrons. The van der Waals surface area contributed by atoms with Gasteiger partial charge < -0.3 is 65.5 Å². The number of amides is 4. The van der Waals surface area contributed by atoms with Crippen LogP contribution in [-0.4, -0.2) is 135 Å². The smallest absolute Gasteiger partial charge is 0.340 e. The summed E-state index contributed by atoms with van der Waals surface area (Å²) in [7, 11) is 0. The highest BCUT2D eigenvalue weighted by Crippen LogP contribution is 2.42. The first-order chi connectivity index (χ1) is 38.1. The summed E-state index contributed by atoms with van der Waals surface area (Å²) in [6.07, 6.45) is 14.7. The Labute approximate surface area is 463 Å². The Morgan fingerprint density at radius 1 is 0.911 bits per heavy atom. The van der Waals surface area contributed by atoms with Crippen molar-refractivity contribution in [1.82, 2.24) is 50.7 Å². The molecule has 79 heavy (non-hydrogen) atoms. The van der Waals surface area contributed by atoms with Crippen molar-refractivity contribution in [3.8, 4) is 22.9 Å². The highest BCUT2D eigenvalue weighted by atomic mass is 32.2. The summed E-state index contributed by atoms with van der Waals surface area (Å²) in [5.41, 5.74) is 10.2. The van der Waals surface area contributed by atoms with Crippen LogP contribution < -0.4 is 47.9 Å². The Balaban J connectivity index is 0.907. The molecule has 4 aromatic rings. The van der Waals surface area contributed by atoms with E-state index in [4.69, 9.17) is 35.5 Å². The van der Waals surface area contributed by atoms with E-state index in [9.17, 15) is 33.9 Å². The lowest BCUT2D eigenvalue weighted by Gasteiger charge is -2.26. The van der Waals surface area contributed by atoms with Crippen molar-refractivity contribution < 1.29 is 48.0 Å². The van der Waals surface area contributed by atoms with Crippen LogP contribution in [0.15, 0.2) is 52.8 Å². The molecule has 426 valence electrons. The van der Waals surface area contributed by atoms with E-state index >= 15 is 0 Å². The van der Waals surface area contributed by atoms with Crippen LogP contribution in [0.25, 0.3) is 34.1 Å². The molecule has 3 aromatic heterocycles. The van der Waals surface area contributed by atoms with Gasteiger partial charge in [0.25, 0.3) is 5.56 Å². The number of nitrogens with zero attached hydrogens (tertiary/aromatic N) is 6. The minimum Gasteiger partial charge on any atom is -0.458 e. The number of thioether (sulfide) groups is 1. The van der Waals surface area contributed by atoms with Gasteiger partial charge in [0, 0.05) is 59.7 Å². The third-order valence-corrected chi connectivity index (χ3v) is 14.3. The number of nitrogens with two attached hydrogens (primary N) is 2. The summed E-state index contributed by atoms with van der Waals surface area (Å²) in [6, 6.07) is 3.31. The van der Waals surface area contributed by atoms with Crippen LogP contribution in [-0.2, 0) is 46.6 Å². The number of benzene rings is 1. The van der Waals surface area contributed by atoms with E-state index in [0.717, 1.165) is 55.4 Å². The molecule has 0 spiro atoms. The number of aliphatic hydroxyl groups excluding tert-OH is 1. The molecule has 3 aliphatic heterocycles. The number of nitrogens with one attached hydrogen (secondary N) is 4. The van der Waals surface area contributed by atoms with Gasteiger partial charge >= 0.3 is 5.97 Å². The Morgan fingerprint density at radius 2 is 1.65 bits per heavy atom. The highest BCUT2D eigenvalue weighted by molar-refractivity contribution is 7.98. The Morgan fingerprint density at radius 3 is 2.37 bits per heavy atom. The first kappa shape index (κ1) is 59.5. The number of pyridine rings is 2. The van der Waals surface area contributed by atoms with Crippen LogP contribution >= 0.6 is 11.8 Å². The molecule has 6 heterocycles. The zero-order chi connectivity index (χ0) is 56.6. The molecule has 1 aromatic carbocycles. The van der Waals surface area contributed by atoms with Gasteiger partial charge in [0.15, 0.2) is 22.8 Å². The zero-order valence-electron chi connectivity index (χ0n) is 45.6. The fourth-order valence-electron chi connectivity index (χ4n) is 9.62. The van der Waals surface area contributed by atoms with Gasteiger partial charge in [0.1, 0.15) is 25.4 Å². The van der Waals surface area contributed by atoms with E-state index in [-0.39, 0.29) is 69.2 Å². The fraction of sp³-hybridized carbons (Fsp3) is 0.509. The largest absolute Gasteiger partial charge is 0.458 e. The summed E-state index contributed by atoms with van der Waals surface area (Å²) >= 11 is 1.43. The van der Waals surface area contributed by atoms with Gasteiger partial charge in [-0.05, 0) is 94.4 Å². The topological polar surface area (TPSA) is 310 Å². The second-order valence-electron chi connectivity index (χ2n) is 20.0. The number of carbonyl (C=O) groups is 5. The summed E-state index contributed by atoms with van der Waals surface area (Å²) in [6.45, 7) is 10.7. The maximum atomic E-state index is 13.9. The van der Waals surface area contributed by atoms with Gasteiger partial charge in [-0.3, -0.25) is 24.0 Å². The van der Waals surface area contributed by atoms with E-state index in [1.807, 2.05) is 32.2 Å². The summed E-state index contributed by atoms with van der Waals surface area (Å²) in [5.74, 6) is 4.24. The van der Waals surface area contributed by atoms with E-state index in [1.54, 1.807) is 41.4 Å². The van der Waals surface area contributed by atoms with Gasteiger partial charge in [-0.2, -0.15) is 0 Å². The number of fused-ring (bicyclic) bond motifs is 6. The van der Waals surface area contributed by atoms with Gasteiger partial charge in [0.2, 0.25) is 30.4 Å². The van der Waals surface area contributed by atoms with Crippen LogP contribution in [0.5, 0.6) is 11.5 Å². The number of aliphatic hydroxyl groups is 1. The molecule has 0 bridgehead atoms. The second-order valence-corrected chi connectivity index (χ2v) is 20.7. The van der Waals surface area contributed by atoms with Crippen LogP contribution in [0.1, 0.15) is 119 Å². The van der Waals surface area contributed by atoms with Gasteiger partial charge in [-0.15, -0.1) is 0 Å². The number of hydrazine groups is 1. The van der Waals surface area contributed by atoms with Gasteiger partial charge in [-0.1, -0.05) is 58.0 Å². The average Bonchev–Trinajstić information content (AvgIpc) is 4.14. The minimum absolute atomic E-state index is 0.0500. The average molecular weight is 1110 g/mol. The number of unbranched alkanes of at least 4 members (excludes halogenated alkanes) is 3. The molecule has 0 saturated carbocycles. The van der Waals surface area contributed by atoms with Gasteiger partial charge in [0.05, 0.1) is 47.9 Å². The predicted octanol–water partition coefficient (Wildman–Crippen LogP) is 3.59. The number of hydrogen-bond donors (Lipinski definition) is 7. The van der Waals surface area contributed by atoms with Crippen molar-refractivity contribution >= 4 is 64.0 Å². The van der Waals surface area contributed by atoms with Crippen molar-refractivity contribution in [2.75, 3.05) is 59.1 Å². The summed E-state index contributed by atoms with van der Waals surface area (Å²) in [4.78, 5) is 95.5. The molecule has 7 rings (SSSR count). The number of aromatic nitrogens is 4. The molecule has 24 heteroatoms. The molecular formula is C55H74N12O11S. The quantitative estimate of drug-likeness (QED) is 0.00657.